The van der Waals surface area contributed by atoms with Crippen LogP contribution in [0.25, 0.3) is 10.9 Å². The molecule has 6 heteroatoms. The van der Waals surface area contributed by atoms with Crippen molar-refractivity contribution in [1.29, 1.82) is 0 Å². The van der Waals surface area contributed by atoms with Crippen LogP contribution in [0.3, 0.4) is 0 Å². The number of pyridine rings is 1. The van der Waals surface area contributed by atoms with Crippen LogP contribution in [0.5, 0.6) is 0 Å². The van der Waals surface area contributed by atoms with Gasteiger partial charge in [-0.15, -0.1) is 0 Å². The minimum absolute atomic E-state index is 0.0416. The van der Waals surface area contributed by atoms with E-state index in [1.54, 1.807) is 4.90 Å². The van der Waals surface area contributed by atoms with Crippen molar-refractivity contribution in [3.05, 3.63) is 72.3 Å². The standard InChI is InChI=1S/C21H21N3O2S/c22-19(25)12-13-24(14-16-6-2-1-3-7-16)21(26)15-27-20-11-10-17-8-4-5-9-18(17)23-20/h1-11H,12-15H2,(H2,22,25). The highest BCUT2D eigenvalue weighted by atomic mass is 32.2. The molecule has 0 spiro atoms. The topological polar surface area (TPSA) is 76.3 Å². The van der Waals surface area contributed by atoms with E-state index in [4.69, 9.17) is 5.73 Å². The monoisotopic (exact) mass is 379 g/mol. The number of aromatic nitrogens is 1. The van der Waals surface area contributed by atoms with Crippen LogP contribution in [0.2, 0.25) is 0 Å². The fourth-order valence-corrected chi connectivity index (χ4v) is 3.48. The number of carbonyl (C=O) groups excluding carboxylic acids is 2. The largest absolute Gasteiger partial charge is 0.370 e. The number of benzene rings is 2. The third-order valence-electron chi connectivity index (χ3n) is 4.11. The van der Waals surface area contributed by atoms with E-state index in [1.165, 1.54) is 11.8 Å². The Kier molecular flexibility index (Phi) is 6.44. The molecule has 0 bridgehead atoms. The number of nitrogens with zero attached hydrogens (tertiary/aromatic N) is 2. The van der Waals surface area contributed by atoms with Gasteiger partial charge in [0.05, 0.1) is 16.3 Å². The highest BCUT2D eigenvalue weighted by Crippen LogP contribution is 2.20. The van der Waals surface area contributed by atoms with Gasteiger partial charge in [0, 0.05) is 24.9 Å². The predicted molar refractivity (Wildman–Crippen MR) is 108 cm³/mol. The van der Waals surface area contributed by atoms with Gasteiger partial charge in [0.15, 0.2) is 0 Å². The first-order chi connectivity index (χ1) is 13.1. The van der Waals surface area contributed by atoms with Crippen molar-refractivity contribution >= 4 is 34.5 Å². The fraction of sp³-hybridized carbons (Fsp3) is 0.190. The van der Waals surface area contributed by atoms with Crippen molar-refractivity contribution in [2.45, 2.75) is 18.0 Å². The summed E-state index contributed by atoms with van der Waals surface area (Å²) in [4.78, 5) is 30.1. The summed E-state index contributed by atoms with van der Waals surface area (Å²) in [6.07, 6.45) is 0.150. The SMILES string of the molecule is NC(=O)CCN(Cc1ccccc1)C(=O)CSc1ccc2ccccc2n1. The highest BCUT2D eigenvalue weighted by Gasteiger charge is 2.15. The molecule has 27 heavy (non-hydrogen) atoms. The minimum atomic E-state index is -0.412. The van der Waals surface area contributed by atoms with Crippen molar-refractivity contribution in [2.24, 2.45) is 5.73 Å². The number of thioether (sulfide) groups is 1. The van der Waals surface area contributed by atoms with Crippen LogP contribution >= 0.6 is 11.8 Å². The number of fused-ring (bicyclic) bond motifs is 1. The highest BCUT2D eigenvalue weighted by molar-refractivity contribution is 7.99. The van der Waals surface area contributed by atoms with Gasteiger partial charge in [0.1, 0.15) is 0 Å². The molecule has 138 valence electrons. The number of para-hydroxylation sites is 1. The molecule has 2 amide bonds. The third kappa shape index (κ3) is 5.56. The molecule has 3 rings (SSSR count). The number of hydrogen-bond acceptors (Lipinski definition) is 4. The molecular formula is C21H21N3O2S. The van der Waals surface area contributed by atoms with E-state index in [0.29, 0.717) is 13.1 Å². The summed E-state index contributed by atoms with van der Waals surface area (Å²) in [7, 11) is 0. The molecule has 1 heterocycles. The van der Waals surface area contributed by atoms with Crippen LogP contribution in [0, 0.1) is 0 Å². The maximum atomic E-state index is 12.7. The van der Waals surface area contributed by atoms with E-state index >= 15 is 0 Å². The van der Waals surface area contributed by atoms with E-state index in [2.05, 4.69) is 4.98 Å². The van der Waals surface area contributed by atoms with Crippen LogP contribution in [0.15, 0.2) is 71.8 Å². The molecule has 0 atom stereocenters. The van der Waals surface area contributed by atoms with E-state index in [0.717, 1.165) is 21.5 Å². The molecular weight excluding hydrogens is 358 g/mol. The second-order valence-corrected chi connectivity index (χ2v) is 7.14. The number of hydrogen-bond donors (Lipinski definition) is 1. The molecule has 0 aliphatic carbocycles. The van der Waals surface area contributed by atoms with Crippen LogP contribution in [0.1, 0.15) is 12.0 Å². The van der Waals surface area contributed by atoms with Gasteiger partial charge in [0.2, 0.25) is 11.8 Å². The second kappa shape index (κ2) is 9.19. The Morgan fingerprint density at radius 3 is 2.48 bits per heavy atom. The van der Waals surface area contributed by atoms with Gasteiger partial charge in [-0.1, -0.05) is 66.4 Å². The molecule has 2 N–H and O–H groups in total. The van der Waals surface area contributed by atoms with Gasteiger partial charge < -0.3 is 10.6 Å². The molecule has 3 aromatic rings. The number of primary amides is 1. The summed E-state index contributed by atoms with van der Waals surface area (Å²) >= 11 is 1.40. The second-order valence-electron chi connectivity index (χ2n) is 6.15. The van der Waals surface area contributed by atoms with Crippen molar-refractivity contribution < 1.29 is 9.59 Å². The summed E-state index contributed by atoms with van der Waals surface area (Å²) in [6, 6.07) is 21.5. The Balaban J connectivity index is 1.65. The maximum absolute atomic E-state index is 12.7. The number of nitrogens with two attached hydrogens (primary N) is 1. The lowest BCUT2D eigenvalue weighted by molar-refractivity contribution is -0.129. The molecule has 1 aromatic heterocycles. The van der Waals surface area contributed by atoms with E-state index in [-0.39, 0.29) is 18.1 Å². The third-order valence-corrected chi connectivity index (χ3v) is 5.03. The lowest BCUT2D eigenvalue weighted by Gasteiger charge is -2.22. The van der Waals surface area contributed by atoms with Gasteiger partial charge in [-0.05, 0) is 17.7 Å². The summed E-state index contributed by atoms with van der Waals surface area (Å²) < 4.78 is 0. The lowest BCUT2D eigenvalue weighted by atomic mass is 10.2. The van der Waals surface area contributed by atoms with E-state index in [1.807, 2.05) is 66.7 Å². The normalized spacial score (nSPS) is 10.7. The zero-order chi connectivity index (χ0) is 19.1. The van der Waals surface area contributed by atoms with Crippen molar-refractivity contribution in [1.82, 2.24) is 9.88 Å². The lowest BCUT2D eigenvalue weighted by Crippen LogP contribution is -2.34. The zero-order valence-corrected chi connectivity index (χ0v) is 15.7. The van der Waals surface area contributed by atoms with E-state index < -0.39 is 5.91 Å². The molecule has 0 aliphatic heterocycles. The summed E-state index contributed by atoms with van der Waals surface area (Å²) in [6.45, 7) is 0.771. The van der Waals surface area contributed by atoms with Gasteiger partial charge in [-0.2, -0.15) is 0 Å². The first-order valence-electron chi connectivity index (χ1n) is 8.70. The molecule has 5 nitrogen and oxygen atoms in total. The van der Waals surface area contributed by atoms with Crippen molar-refractivity contribution in [2.75, 3.05) is 12.3 Å². The first-order valence-corrected chi connectivity index (χ1v) is 9.69. The van der Waals surface area contributed by atoms with Crippen LogP contribution < -0.4 is 5.73 Å². The Morgan fingerprint density at radius 2 is 1.70 bits per heavy atom. The molecule has 0 aliphatic rings. The van der Waals surface area contributed by atoms with E-state index in [9.17, 15) is 9.59 Å². The average Bonchev–Trinajstić information content (AvgIpc) is 2.69. The smallest absolute Gasteiger partial charge is 0.233 e. The van der Waals surface area contributed by atoms with Gasteiger partial charge >= 0.3 is 0 Å². The molecule has 0 fully saturated rings. The average molecular weight is 379 g/mol. The molecule has 0 radical (unpaired) electrons. The zero-order valence-electron chi connectivity index (χ0n) is 14.9. The summed E-state index contributed by atoms with van der Waals surface area (Å²) in [5, 5.41) is 1.87. The van der Waals surface area contributed by atoms with Crippen molar-refractivity contribution in [3.8, 4) is 0 Å². The Bertz CT molecular complexity index is 931. The molecule has 0 saturated heterocycles. The Morgan fingerprint density at radius 1 is 0.963 bits per heavy atom. The molecule has 2 aromatic carbocycles. The number of amides is 2. The van der Waals surface area contributed by atoms with Gasteiger partial charge in [0.25, 0.3) is 0 Å². The van der Waals surface area contributed by atoms with Gasteiger partial charge in [-0.25, -0.2) is 4.98 Å². The first kappa shape index (κ1) is 18.9. The van der Waals surface area contributed by atoms with Crippen LogP contribution in [0.4, 0.5) is 0 Å². The predicted octanol–water partition coefficient (Wildman–Crippen LogP) is 3.23. The fourth-order valence-electron chi connectivity index (χ4n) is 2.70. The van der Waals surface area contributed by atoms with Crippen LogP contribution in [-0.4, -0.2) is 34.0 Å². The van der Waals surface area contributed by atoms with Gasteiger partial charge in [-0.3, -0.25) is 9.59 Å². The Hall–Kier alpha value is -2.86. The Labute approximate surface area is 162 Å². The summed E-state index contributed by atoms with van der Waals surface area (Å²) in [5.74, 6) is -0.193. The minimum Gasteiger partial charge on any atom is -0.370 e. The number of carbonyl (C=O) groups is 2. The van der Waals surface area contributed by atoms with Crippen molar-refractivity contribution in [3.63, 3.8) is 0 Å². The number of rotatable bonds is 8. The molecule has 0 unspecified atom stereocenters. The molecule has 0 saturated carbocycles. The summed E-state index contributed by atoms with van der Waals surface area (Å²) in [5.41, 5.74) is 7.18. The maximum Gasteiger partial charge on any atom is 0.233 e. The van der Waals surface area contributed by atoms with Crippen LogP contribution in [-0.2, 0) is 16.1 Å². The quantitative estimate of drug-likeness (QED) is 0.610.